The lowest BCUT2D eigenvalue weighted by Gasteiger charge is -2.35. The number of hydrogen-bond acceptors (Lipinski definition) is 6. The first-order valence-electron chi connectivity index (χ1n) is 10.3. The van der Waals surface area contributed by atoms with Crippen LogP contribution >= 0.6 is 0 Å². The molecule has 1 aliphatic rings. The van der Waals surface area contributed by atoms with E-state index in [1.807, 2.05) is 24.3 Å². The Balaban J connectivity index is 1.46. The molecular formula is C23H19FN6O3. The van der Waals surface area contributed by atoms with Crippen LogP contribution < -0.4 is 5.32 Å². The van der Waals surface area contributed by atoms with Gasteiger partial charge in [-0.25, -0.2) is 4.39 Å². The SMILES string of the molecule is Cc1nnnn1-c1ccc(F)c(NC(=O)C2Cc3ccccc3CN2C(=O)c2ccco2)c1. The van der Waals surface area contributed by atoms with Crippen molar-refractivity contribution in [2.75, 3.05) is 5.32 Å². The lowest BCUT2D eigenvalue weighted by atomic mass is 9.93. The van der Waals surface area contributed by atoms with Gasteiger partial charge in [-0.05, 0) is 58.8 Å². The minimum absolute atomic E-state index is 0.0309. The molecule has 3 heterocycles. The summed E-state index contributed by atoms with van der Waals surface area (Å²) in [4.78, 5) is 27.9. The quantitative estimate of drug-likeness (QED) is 0.517. The van der Waals surface area contributed by atoms with Crippen molar-refractivity contribution in [1.82, 2.24) is 25.1 Å². The van der Waals surface area contributed by atoms with E-state index in [9.17, 15) is 14.0 Å². The van der Waals surface area contributed by atoms with Crippen molar-refractivity contribution in [3.63, 3.8) is 0 Å². The molecule has 0 spiro atoms. The molecule has 0 fully saturated rings. The summed E-state index contributed by atoms with van der Waals surface area (Å²) in [5.41, 5.74) is 2.37. The number of nitrogens with zero attached hydrogens (tertiary/aromatic N) is 5. The normalized spacial score (nSPS) is 15.2. The third-order valence-electron chi connectivity index (χ3n) is 5.62. The predicted octanol–water partition coefficient (Wildman–Crippen LogP) is 2.91. The van der Waals surface area contributed by atoms with Crippen molar-refractivity contribution in [3.8, 4) is 5.69 Å². The van der Waals surface area contributed by atoms with Crippen LogP contribution in [0.2, 0.25) is 0 Å². The van der Waals surface area contributed by atoms with E-state index in [4.69, 9.17) is 4.42 Å². The standard InChI is InChI=1S/C23H19FN6O3/c1-14-26-27-28-30(14)17-8-9-18(24)19(12-17)25-22(31)20-11-15-5-2-3-6-16(15)13-29(20)23(32)21-7-4-10-33-21/h2-10,12,20H,11,13H2,1H3,(H,25,31). The highest BCUT2D eigenvalue weighted by molar-refractivity contribution is 6.00. The summed E-state index contributed by atoms with van der Waals surface area (Å²) in [6.45, 7) is 1.94. The first kappa shape index (κ1) is 20.6. The van der Waals surface area contributed by atoms with Gasteiger partial charge in [-0.15, -0.1) is 5.10 Å². The number of aryl methyl sites for hydroxylation is 1. The van der Waals surface area contributed by atoms with Crippen molar-refractivity contribution in [2.24, 2.45) is 0 Å². The fourth-order valence-corrected chi connectivity index (χ4v) is 3.94. The summed E-state index contributed by atoms with van der Waals surface area (Å²) >= 11 is 0. The third kappa shape index (κ3) is 3.86. The zero-order valence-electron chi connectivity index (χ0n) is 17.6. The Bertz CT molecular complexity index is 1330. The Morgan fingerprint density at radius 3 is 2.67 bits per heavy atom. The molecule has 5 rings (SSSR count). The maximum Gasteiger partial charge on any atom is 0.290 e. The topological polar surface area (TPSA) is 106 Å². The molecule has 2 aromatic carbocycles. The number of carbonyl (C=O) groups is 2. The third-order valence-corrected chi connectivity index (χ3v) is 5.62. The molecular weight excluding hydrogens is 427 g/mol. The summed E-state index contributed by atoms with van der Waals surface area (Å²) in [5.74, 6) is -0.882. The number of amides is 2. The molecule has 0 saturated heterocycles. The molecule has 33 heavy (non-hydrogen) atoms. The van der Waals surface area contributed by atoms with Gasteiger partial charge in [0, 0.05) is 13.0 Å². The lowest BCUT2D eigenvalue weighted by Crippen LogP contribution is -2.50. The van der Waals surface area contributed by atoms with Crippen molar-refractivity contribution < 1.29 is 18.4 Å². The fraction of sp³-hybridized carbons (Fsp3) is 0.174. The molecule has 10 heteroatoms. The molecule has 2 amide bonds. The van der Waals surface area contributed by atoms with Gasteiger partial charge in [-0.1, -0.05) is 24.3 Å². The minimum atomic E-state index is -0.852. The maximum atomic E-state index is 14.6. The molecule has 0 saturated carbocycles. The van der Waals surface area contributed by atoms with Crippen LogP contribution in [-0.2, 0) is 17.8 Å². The molecule has 166 valence electrons. The number of halogens is 1. The molecule has 1 aliphatic heterocycles. The van der Waals surface area contributed by atoms with Gasteiger partial charge < -0.3 is 14.6 Å². The summed E-state index contributed by atoms with van der Waals surface area (Å²) in [5, 5.41) is 13.9. The van der Waals surface area contributed by atoms with Crippen molar-refractivity contribution in [3.05, 3.63) is 89.4 Å². The van der Waals surface area contributed by atoms with E-state index in [0.29, 0.717) is 17.9 Å². The Morgan fingerprint density at radius 2 is 1.94 bits per heavy atom. The van der Waals surface area contributed by atoms with Gasteiger partial charge in [0.05, 0.1) is 17.6 Å². The second-order valence-electron chi connectivity index (χ2n) is 7.69. The molecule has 1 N–H and O–H groups in total. The van der Waals surface area contributed by atoms with Crippen LogP contribution in [0.15, 0.2) is 65.3 Å². The molecule has 9 nitrogen and oxygen atoms in total. The number of hydrogen-bond donors (Lipinski definition) is 1. The van der Waals surface area contributed by atoms with E-state index in [1.165, 1.54) is 34.0 Å². The van der Waals surface area contributed by atoms with Gasteiger partial charge in [0.25, 0.3) is 5.91 Å². The van der Waals surface area contributed by atoms with E-state index in [1.54, 1.807) is 19.1 Å². The van der Waals surface area contributed by atoms with E-state index in [-0.39, 0.29) is 18.0 Å². The molecule has 0 radical (unpaired) electrons. The van der Waals surface area contributed by atoms with Crippen LogP contribution in [0.25, 0.3) is 5.69 Å². The number of carbonyl (C=O) groups excluding carboxylic acids is 2. The summed E-state index contributed by atoms with van der Waals surface area (Å²) in [6.07, 6.45) is 1.70. The molecule has 0 bridgehead atoms. The highest BCUT2D eigenvalue weighted by Crippen LogP contribution is 2.27. The number of tetrazole rings is 1. The smallest absolute Gasteiger partial charge is 0.290 e. The van der Waals surface area contributed by atoms with Gasteiger partial charge in [0.1, 0.15) is 11.9 Å². The Labute approximate surface area is 187 Å². The van der Waals surface area contributed by atoms with E-state index in [2.05, 4.69) is 20.8 Å². The number of furan rings is 1. The summed E-state index contributed by atoms with van der Waals surface area (Å²) in [7, 11) is 0. The first-order valence-corrected chi connectivity index (χ1v) is 10.3. The van der Waals surface area contributed by atoms with Crippen LogP contribution in [0, 0.1) is 12.7 Å². The van der Waals surface area contributed by atoms with E-state index < -0.39 is 23.7 Å². The fourth-order valence-electron chi connectivity index (χ4n) is 3.94. The van der Waals surface area contributed by atoms with Crippen LogP contribution in [0.3, 0.4) is 0 Å². The van der Waals surface area contributed by atoms with Crippen LogP contribution in [0.1, 0.15) is 27.5 Å². The molecule has 1 unspecified atom stereocenters. The molecule has 2 aromatic heterocycles. The number of nitrogens with one attached hydrogen (secondary N) is 1. The van der Waals surface area contributed by atoms with Crippen LogP contribution in [0.4, 0.5) is 10.1 Å². The van der Waals surface area contributed by atoms with Gasteiger partial charge in [-0.2, -0.15) is 4.68 Å². The monoisotopic (exact) mass is 446 g/mol. The number of benzene rings is 2. The maximum absolute atomic E-state index is 14.6. The average molecular weight is 446 g/mol. The first-order chi connectivity index (χ1) is 16.0. The Hall–Kier alpha value is -4.34. The largest absolute Gasteiger partial charge is 0.459 e. The lowest BCUT2D eigenvalue weighted by molar-refractivity contribution is -0.121. The molecule has 0 aliphatic carbocycles. The Kier molecular flexibility index (Phi) is 5.17. The molecule has 1 atom stereocenters. The zero-order chi connectivity index (χ0) is 22.9. The van der Waals surface area contributed by atoms with E-state index in [0.717, 1.165) is 11.1 Å². The van der Waals surface area contributed by atoms with Crippen molar-refractivity contribution in [2.45, 2.75) is 25.9 Å². The average Bonchev–Trinajstić information content (AvgIpc) is 3.51. The highest BCUT2D eigenvalue weighted by Gasteiger charge is 2.36. The van der Waals surface area contributed by atoms with Gasteiger partial charge >= 0.3 is 0 Å². The summed E-state index contributed by atoms with van der Waals surface area (Å²) in [6, 6.07) is 14.1. The predicted molar refractivity (Wildman–Crippen MR) is 115 cm³/mol. The molecule has 4 aromatic rings. The van der Waals surface area contributed by atoms with Gasteiger partial charge in [0.15, 0.2) is 11.6 Å². The zero-order valence-corrected chi connectivity index (χ0v) is 17.6. The van der Waals surface area contributed by atoms with Crippen molar-refractivity contribution in [1.29, 1.82) is 0 Å². The van der Waals surface area contributed by atoms with E-state index >= 15 is 0 Å². The Morgan fingerprint density at radius 1 is 1.12 bits per heavy atom. The summed E-state index contributed by atoms with van der Waals surface area (Å²) < 4.78 is 21.3. The van der Waals surface area contributed by atoms with Crippen LogP contribution in [0.5, 0.6) is 0 Å². The number of anilines is 1. The number of aromatic nitrogens is 4. The second-order valence-corrected chi connectivity index (χ2v) is 7.69. The minimum Gasteiger partial charge on any atom is -0.459 e. The van der Waals surface area contributed by atoms with Gasteiger partial charge in [0.2, 0.25) is 5.91 Å². The number of fused-ring (bicyclic) bond motifs is 1. The highest BCUT2D eigenvalue weighted by atomic mass is 19.1. The number of rotatable bonds is 4. The second kappa shape index (κ2) is 8.30. The van der Waals surface area contributed by atoms with Gasteiger partial charge in [-0.3, -0.25) is 9.59 Å². The van der Waals surface area contributed by atoms with Crippen LogP contribution in [-0.4, -0.2) is 43.0 Å². The van der Waals surface area contributed by atoms with Crippen molar-refractivity contribution >= 4 is 17.5 Å².